The number of hydrogen-bond acceptors (Lipinski definition) is 4. The van der Waals surface area contributed by atoms with E-state index < -0.39 is 0 Å². The lowest BCUT2D eigenvalue weighted by molar-refractivity contribution is 0.0636. The minimum Gasteiger partial charge on any atom is -0.330 e. The average Bonchev–Trinajstić information content (AvgIpc) is 2.91. The van der Waals surface area contributed by atoms with Gasteiger partial charge in [-0.3, -0.25) is 4.90 Å². The van der Waals surface area contributed by atoms with E-state index in [1.54, 1.807) is 11.3 Å². The SMILES string of the molecule is NCCc1nc(CN2CCC3(CCCCC3)CC2)cs1. The second-order valence-corrected chi connectivity index (χ2v) is 7.55. The van der Waals surface area contributed by atoms with Gasteiger partial charge in [0, 0.05) is 18.3 Å². The van der Waals surface area contributed by atoms with Crippen molar-refractivity contribution in [3.05, 3.63) is 16.1 Å². The molecule has 1 aromatic heterocycles. The Hall–Kier alpha value is -0.450. The molecule has 3 rings (SSSR count). The molecule has 0 bridgehead atoms. The van der Waals surface area contributed by atoms with Crippen molar-refractivity contribution >= 4 is 11.3 Å². The highest BCUT2D eigenvalue weighted by atomic mass is 32.1. The highest BCUT2D eigenvalue weighted by Crippen LogP contribution is 2.44. The number of rotatable bonds is 4. The number of nitrogens with zero attached hydrogens (tertiary/aromatic N) is 2. The van der Waals surface area contributed by atoms with Crippen LogP contribution in [0, 0.1) is 5.41 Å². The molecule has 0 amide bonds. The molecule has 20 heavy (non-hydrogen) atoms. The monoisotopic (exact) mass is 293 g/mol. The van der Waals surface area contributed by atoms with Crippen molar-refractivity contribution in [2.45, 2.75) is 57.9 Å². The summed E-state index contributed by atoms with van der Waals surface area (Å²) in [6.07, 6.45) is 11.1. The molecule has 0 radical (unpaired) electrons. The summed E-state index contributed by atoms with van der Waals surface area (Å²) in [5.74, 6) is 0. The number of piperidine rings is 1. The molecule has 3 nitrogen and oxygen atoms in total. The van der Waals surface area contributed by atoms with Gasteiger partial charge in [-0.05, 0) is 50.7 Å². The Balaban J connectivity index is 1.50. The first-order chi connectivity index (χ1) is 9.80. The van der Waals surface area contributed by atoms with E-state index in [1.807, 2.05) is 0 Å². The fourth-order valence-corrected chi connectivity index (χ4v) is 4.68. The predicted octanol–water partition coefficient (Wildman–Crippen LogP) is 3.19. The molecule has 1 aromatic rings. The van der Waals surface area contributed by atoms with E-state index in [4.69, 9.17) is 10.7 Å². The molecule has 0 unspecified atom stereocenters. The van der Waals surface area contributed by atoms with E-state index in [-0.39, 0.29) is 0 Å². The van der Waals surface area contributed by atoms with Crippen LogP contribution in [0.2, 0.25) is 0 Å². The molecular weight excluding hydrogens is 266 g/mol. The van der Waals surface area contributed by atoms with Gasteiger partial charge >= 0.3 is 0 Å². The first-order valence-corrected chi connectivity index (χ1v) is 9.03. The molecule has 1 aliphatic heterocycles. The van der Waals surface area contributed by atoms with E-state index in [1.165, 1.54) is 68.7 Å². The van der Waals surface area contributed by atoms with Crippen LogP contribution in [0.25, 0.3) is 0 Å². The molecule has 1 spiro atoms. The van der Waals surface area contributed by atoms with Crippen molar-refractivity contribution in [2.75, 3.05) is 19.6 Å². The van der Waals surface area contributed by atoms with Gasteiger partial charge in [-0.1, -0.05) is 19.3 Å². The smallest absolute Gasteiger partial charge is 0.0941 e. The van der Waals surface area contributed by atoms with Gasteiger partial charge in [-0.2, -0.15) is 0 Å². The summed E-state index contributed by atoms with van der Waals surface area (Å²) in [5.41, 5.74) is 7.55. The molecule has 1 saturated heterocycles. The van der Waals surface area contributed by atoms with Crippen molar-refractivity contribution in [1.29, 1.82) is 0 Å². The summed E-state index contributed by atoms with van der Waals surface area (Å²) in [6, 6.07) is 0. The average molecular weight is 293 g/mol. The van der Waals surface area contributed by atoms with Crippen LogP contribution >= 0.6 is 11.3 Å². The molecule has 0 aromatic carbocycles. The molecule has 1 saturated carbocycles. The van der Waals surface area contributed by atoms with Gasteiger partial charge in [0.05, 0.1) is 10.7 Å². The van der Waals surface area contributed by atoms with Crippen LogP contribution in [0.3, 0.4) is 0 Å². The van der Waals surface area contributed by atoms with Gasteiger partial charge in [-0.25, -0.2) is 4.98 Å². The summed E-state index contributed by atoms with van der Waals surface area (Å²) in [5, 5.41) is 3.42. The molecule has 112 valence electrons. The molecule has 2 N–H and O–H groups in total. The van der Waals surface area contributed by atoms with Gasteiger partial charge in [-0.15, -0.1) is 11.3 Å². The third kappa shape index (κ3) is 3.41. The highest BCUT2D eigenvalue weighted by molar-refractivity contribution is 7.09. The standard InChI is InChI=1S/C16H27N3S/c17-9-4-15-18-14(13-20-15)12-19-10-7-16(8-11-19)5-2-1-3-6-16/h13H,1-12,17H2. The van der Waals surface area contributed by atoms with Crippen LogP contribution in [0.4, 0.5) is 0 Å². The Morgan fingerprint density at radius 2 is 1.90 bits per heavy atom. The fourth-order valence-electron chi connectivity index (χ4n) is 3.88. The zero-order valence-corrected chi connectivity index (χ0v) is 13.3. The van der Waals surface area contributed by atoms with Crippen LogP contribution in [0.15, 0.2) is 5.38 Å². The molecule has 1 aliphatic carbocycles. The lowest BCUT2D eigenvalue weighted by Gasteiger charge is -2.44. The number of aromatic nitrogens is 1. The molecule has 2 fully saturated rings. The maximum atomic E-state index is 5.59. The zero-order chi connectivity index (χ0) is 13.8. The van der Waals surface area contributed by atoms with Gasteiger partial charge in [0.1, 0.15) is 0 Å². The Kier molecular flexibility index (Phi) is 4.74. The van der Waals surface area contributed by atoms with Crippen molar-refractivity contribution in [3.8, 4) is 0 Å². The summed E-state index contributed by atoms with van der Waals surface area (Å²) >= 11 is 1.77. The molecular formula is C16H27N3S. The Bertz CT molecular complexity index is 413. The number of hydrogen-bond donors (Lipinski definition) is 1. The third-order valence-corrected chi connectivity index (χ3v) is 6.13. The lowest BCUT2D eigenvalue weighted by Crippen LogP contribution is -2.40. The summed E-state index contributed by atoms with van der Waals surface area (Å²) < 4.78 is 0. The van der Waals surface area contributed by atoms with Gasteiger partial charge < -0.3 is 5.73 Å². The normalized spacial score (nSPS) is 23.2. The van der Waals surface area contributed by atoms with Gasteiger partial charge in [0.15, 0.2) is 0 Å². The summed E-state index contributed by atoms with van der Waals surface area (Å²) in [7, 11) is 0. The van der Waals surface area contributed by atoms with Crippen molar-refractivity contribution in [3.63, 3.8) is 0 Å². The second-order valence-electron chi connectivity index (χ2n) is 6.61. The first kappa shape index (κ1) is 14.5. The van der Waals surface area contributed by atoms with E-state index >= 15 is 0 Å². The summed E-state index contributed by atoms with van der Waals surface area (Å²) in [4.78, 5) is 7.29. The minimum absolute atomic E-state index is 0.708. The van der Waals surface area contributed by atoms with E-state index in [0.29, 0.717) is 12.0 Å². The Morgan fingerprint density at radius 1 is 1.15 bits per heavy atom. The lowest BCUT2D eigenvalue weighted by atomic mass is 9.68. The molecule has 4 heteroatoms. The van der Waals surface area contributed by atoms with Crippen LogP contribution < -0.4 is 5.73 Å². The van der Waals surface area contributed by atoms with Crippen LogP contribution in [-0.4, -0.2) is 29.5 Å². The number of thiazole rings is 1. The second kappa shape index (κ2) is 6.54. The van der Waals surface area contributed by atoms with Crippen molar-refractivity contribution in [2.24, 2.45) is 11.1 Å². The molecule has 2 aliphatic rings. The number of nitrogens with two attached hydrogens (primary N) is 1. The van der Waals surface area contributed by atoms with Crippen molar-refractivity contribution < 1.29 is 0 Å². The van der Waals surface area contributed by atoms with Crippen LogP contribution in [0.1, 0.15) is 55.6 Å². The van der Waals surface area contributed by atoms with Crippen molar-refractivity contribution in [1.82, 2.24) is 9.88 Å². The maximum absolute atomic E-state index is 5.59. The quantitative estimate of drug-likeness (QED) is 0.927. The largest absolute Gasteiger partial charge is 0.330 e. The molecule has 0 atom stereocenters. The predicted molar refractivity (Wildman–Crippen MR) is 84.9 cm³/mol. The minimum atomic E-state index is 0.708. The number of likely N-dealkylation sites (tertiary alicyclic amines) is 1. The van der Waals surface area contributed by atoms with Crippen LogP contribution in [-0.2, 0) is 13.0 Å². The third-order valence-electron chi connectivity index (χ3n) is 5.17. The van der Waals surface area contributed by atoms with E-state index in [0.717, 1.165) is 13.0 Å². The van der Waals surface area contributed by atoms with E-state index in [9.17, 15) is 0 Å². The van der Waals surface area contributed by atoms with E-state index in [2.05, 4.69) is 10.3 Å². The van der Waals surface area contributed by atoms with Gasteiger partial charge in [0.25, 0.3) is 0 Å². The van der Waals surface area contributed by atoms with Crippen LogP contribution in [0.5, 0.6) is 0 Å². The molecule has 2 heterocycles. The highest BCUT2D eigenvalue weighted by Gasteiger charge is 2.35. The maximum Gasteiger partial charge on any atom is 0.0941 e. The first-order valence-electron chi connectivity index (χ1n) is 8.15. The Labute approximate surface area is 126 Å². The zero-order valence-electron chi connectivity index (χ0n) is 12.4. The topological polar surface area (TPSA) is 42.1 Å². The van der Waals surface area contributed by atoms with Gasteiger partial charge in [0.2, 0.25) is 0 Å². The summed E-state index contributed by atoms with van der Waals surface area (Å²) in [6.45, 7) is 4.28. The fraction of sp³-hybridized carbons (Fsp3) is 0.812. The Morgan fingerprint density at radius 3 is 2.60 bits per heavy atom.